The molecule has 0 spiro atoms. The van der Waals surface area contributed by atoms with Gasteiger partial charge in [-0.1, -0.05) is 34.6 Å². The number of hydrogen-bond donors (Lipinski definition) is 1. The van der Waals surface area contributed by atoms with Crippen LogP contribution in [0.25, 0.3) is 0 Å². The third-order valence-corrected chi connectivity index (χ3v) is 4.12. The van der Waals surface area contributed by atoms with Crippen molar-refractivity contribution < 1.29 is 0 Å². The quantitative estimate of drug-likeness (QED) is 0.793. The Bertz CT molecular complexity index is 379. The highest BCUT2D eigenvalue weighted by atomic mass is 32.1. The molecule has 0 aliphatic carbocycles. The first-order chi connectivity index (χ1) is 9.36. The average molecular weight is 298 g/mol. The lowest BCUT2D eigenvalue weighted by atomic mass is 9.96. The Morgan fingerprint density at radius 3 is 2.40 bits per heavy atom. The molecule has 0 saturated heterocycles. The molecule has 0 bridgehead atoms. The fraction of sp³-hybridized carbons (Fsp3) is 0.867. The van der Waals surface area contributed by atoms with Crippen molar-refractivity contribution in [2.45, 2.75) is 65.8 Å². The fourth-order valence-electron chi connectivity index (χ4n) is 2.03. The molecule has 0 fully saturated rings. The SMILES string of the molecule is CCN(CC)CCCC(C)Nc1nc(C(C)(C)C)ns1. The Morgan fingerprint density at radius 2 is 1.90 bits per heavy atom. The van der Waals surface area contributed by atoms with E-state index in [0.717, 1.165) is 24.0 Å². The van der Waals surface area contributed by atoms with Crippen LogP contribution in [0.5, 0.6) is 0 Å². The first-order valence-corrected chi connectivity index (χ1v) is 8.47. The van der Waals surface area contributed by atoms with Gasteiger partial charge < -0.3 is 10.2 Å². The Hall–Kier alpha value is -0.680. The van der Waals surface area contributed by atoms with Gasteiger partial charge in [-0.15, -0.1) is 0 Å². The molecular formula is C15H30N4S. The summed E-state index contributed by atoms with van der Waals surface area (Å²) in [4.78, 5) is 7.05. The van der Waals surface area contributed by atoms with Crippen LogP contribution in [0, 0.1) is 0 Å². The van der Waals surface area contributed by atoms with Crippen molar-refractivity contribution in [2.75, 3.05) is 25.0 Å². The van der Waals surface area contributed by atoms with Gasteiger partial charge in [0.15, 0.2) is 0 Å². The van der Waals surface area contributed by atoms with Crippen LogP contribution in [-0.4, -0.2) is 39.9 Å². The van der Waals surface area contributed by atoms with E-state index in [1.165, 1.54) is 30.9 Å². The van der Waals surface area contributed by atoms with Gasteiger partial charge in [-0.2, -0.15) is 4.37 Å². The van der Waals surface area contributed by atoms with Gasteiger partial charge in [0.1, 0.15) is 5.82 Å². The number of rotatable bonds is 8. The lowest BCUT2D eigenvalue weighted by Gasteiger charge is -2.19. The number of hydrogen-bond acceptors (Lipinski definition) is 5. The molecule has 1 unspecified atom stereocenters. The molecule has 1 heterocycles. The minimum absolute atomic E-state index is 0.0302. The Labute approximate surface area is 128 Å². The molecule has 20 heavy (non-hydrogen) atoms. The summed E-state index contributed by atoms with van der Waals surface area (Å²) >= 11 is 1.47. The molecule has 0 amide bonds. The molecule has 0 aliphatic rings. The molecular weight excluding hydrogens is 268 g/mol. The third kappa shape index (κ3) is 5.75. The van der Waals surface area contributed by atoms with Crippen molar-refractivity contribution in [1.29, 1.82) is 0 Å². The van der Waals surface area contributed by atoms with Crippen LogP contribution in [0.2, 0.25) is 0 Å². The van der Waals surface area contributed by atoms with Crippen LogP contribution in [0.4, 0.5) is 5.13 Å². The van der Waals surface area contributed by atoms with Gasteiger partial charge in [-0.05, 0) is 39.4 Å². The van der Waals surface area contributed by atoms with E-state index >= 15 is 0 Å². The van der Waals surface area contributed by atoms with Crippen molar-refractivity contribution in [1.82, 2.24) is 14.3 Å². The second-order valence-electron chi connectivity index (χ2n) is 6.39. The van der Waals surface area contributed by atoms with Crippen LogP contribution < -0.4 is 5.32 Å². The van der Waals surface area contributed by atoms with E-state index in [2.05, 4.69) is 61.1 Å². The standard InChI is InChI=1S/C15H30N4S/c1-7-19(8-2)11-9-10-12(3)16-14-17-13(18-20-14)15(4,5)6/h12H,7-11H2,1-6H3,(H,16,17,18). The number of nitrogens with zero attached hydrogens (tertiary/aromatic N) is 3. The molecule has 1 aromatic rings. The van der Waals surface area contributed by atoms with Crippen molar-refractivity contribution >= 4 is 16.7 Å². The first kappa shape index (κ1) is 17.4. The highest BCUT2D eigenvalue weighted by Gasteiger charge is 2.19. The van der Waals surface area contributed by atoms with E-state index in [1.54, 1.807) is 0 Å². The zero-order chi connectivity index (χ0) is 15.2. The van der Waals surface area contributed by atoms with Crippen LogP contribution in [0.3, 0.4) is 0 Å². The van der Waals surface area contributed by atoms with E-state index in [-0.39, 0.29) is 5.41 Å². The zero-order valence-electron chi connectivity index (χ0n) is 13.9. The van der Waals surface area contributed by atoms with Gasteiger partial charge in [0.05, 0.1) is 0 Å². The van der Waals surface area contributed by atoms with Gasteiger partial charge in [0, 0.05) is 23.0 Å². The summed E-state index contributed by atoms with van der Waals surface area (Å²) in [6, 6.07) is 0.450. The van der Waals surface area contributed by atoms with Gasteiger partial charge >= 0.3 is 0 Å². The Morgan fingerprint density at radius 1 is 1.25 bits per heavy atom. The number of aromatic nitrogens is 2. The minimum atomic E-state index is 0.0302. The molecule has 1 N–H and O–H groups in total. The largest absolute Gasteiger partial charge is 0.358 e. The molecule has 0 saturated carbocycles. The zero-order valence-corrected chi connectivity index (χ0v) is 14.7. The van der Waals surface area contributed by atoms with Gasteiger partial charge in [0.25, 0.3) is 0 Å². The lowest BCUT2D eigenvalue weighted by molar-refractivity contribution is 0.295. The molecule has 0 radical (unpaired) electrons. The van der Waals surface area contributed by atoms with Crippen molar-refractivity contribution in [3.05, 3.63) is 5.82 Å². The summed E-state index contributed by atoms with van der Waals surface area (Å²) in [6.07, 6.45) is 2.39. The van der Waals surface area contributed by atoms with Crippen LogP contribution in [0.1, 0.15) is 60.2 Å². The Balaban J connectivity index is 2.35. The summed E-state index contributed by atoms with van der Waals surface area (Å²) in [5, 5.41) is 4.42. The molecule has 5 heteroatoms. The van der Waals surface area contributed by atoms with E-state index < -0.39 is 0 Å². The molecule has 1 rings (SSSR count). The molecule has 1 aromatic heterocycles. The van der Waals surface area contributed by atoms with E-state index in [4.69, 9.17) is 0 Å². The minimum Gasteiger partial charge on any atom is -0.358 e. The normalized spacial score (nSPS) is 13.8. The van der Waals surface area contributed by atoms with Crippen molar-refractivity contribution in [3.63, 3.8) is 0 Å². The van der Waals surface area contributed by atoms with Gasteiger partial charge in [-0.25, -0.2) is 4.98 Å². The smallest absolute Gasteiger partial charge is 0.202 e. The second-order valence-corrected chi connectivity index (χ2v) is 7.14. The highest BCUT2D eigenvalue weighted by molar-refractivity contribution is 7.09. The maximum Gasteiger partial charge on any atom is 0.202 e. The van der Waals surface area contributed by atoms with E-state index in [0.29, 0.717) is 6.04 Å². The van der Waals surface area contributed by atoms with Crippen LogP contribution in [0.15, 0.2) is 0 Å². The van der Waals surface area contributed by atoms with Crippen LogP contribution in [-0.2, 0) is 5.41 Å². The van der Waals surface area contributed by atoms with Crippen molar-refractivity contribution in [3.8, 4) is 0 Å². The average Bonchev–Trinajstić information content (AvgIpc) is 2.83. The van der Waals surface area contributed by atoms with E-state index in [9.17, 15) is 0 Å². The fourth-order valence-corrected chi connectivity index (χ4v) is 2.90. The first-order valence-electron chi connectivity index (χ1n) is 7.69. The van der Waals surface area contributed by atoms with Crippen LogP contribution >= 0.6 is 11.5 Å². The maximum atomic E-state index is 4.58. The summed E-state index contributed by atoms with van der Waals surface area (Å²) in [7, 11) is 0. The molecule has 0 aliphatic heterocycles. The molecule has 1 atom stereocenters. The summed E-state index contributed by atoms with van der Waals surface area (Å²) < 4.78 is 4.44. The predicted octanol–water partition coefficient (Wildman–Crippen LogP) is 3.76. The summed E-state index contributed by atoms with van der Waals surface area (Å²) in [6.45, 7) is 16.6. The number of nitrogens with one attached hydrogen (secondary N) is 1. The second kappa shape index (κ2) is 7.93. The molecule has 116 valence electrons. The maximum absolute atomic E-state index is 4.58. The Kier molecular flexibility index (Phi) is 6.89. The highest BCUT2D eigenvalue weighted by Crippen LogP contribution is 2.23. The van der Waals surface area contributed by atoms with Gasteiger partial charge in [-0.3, -0.25) is 0 Å². The van der Waals surface area contributed by atoms with E-state index in [1.807, 2.05) is 0 Å². The predicted molar refractivity (Wildman–Crippen MR) is 88.7 cm³/mol. The molecule has 0 aromatic carbocycles. The van der Waals surface area contributed by atoms with Gasteiger partial charge in [0.2, 0.25) is 5.13 Å². The third-order valence-electron chi connectivity index (χ3n) is 3.47. The van der Waals surface area contributed by atoms with Crippen molar-refractivity contribution in [2.24, 2.45) is 0 Å². The topological polar surface area (TPSA) is 41.0 Å². The summed E-state index contributed by atoms with van der Waals surface area (Å²) in [5.41, 5.74) is 0.0302. The number of anilines is 1. The lowest BCUT2D eigenvalue weighted by Crippen LogP contribution is -2.25. The molecule has 4 nitrogen and oxygen atoms in total. The summed E-state index contributed by atoms with van der Waals surface area (Å²) in [5.74, 6) is 0.931. The monoisotopic (exact) mass is 298 g/mol.